The Hall–Kier alpha value is -3.33. The fourth-order valence-electron chi connectivity index (χ4n) is 3.36. The maximum absolute atomic E-state index is 4.93. The van der Waals surface area contributed by atoms with Gasteiger partial charge >= 0.3 is 0 Å². The maximum atomic E-state index is 4.93. The van der Waals surface area contributed by atoms with E-state index in [9.17, 15) is 0 Å². The number of rotatable bonds is 1. The van der Waals surface area contributed by atoms with Crippen LogP contribution in [0.1, 0.15) is 22.4 Å². The van der Waals surface area contributed by atoms with Crippen molar-refractivity contribution in [3.05, 3.63) is 89.4 Å². The summed E-state index contributed by atoms with van der Waals surface area (Å²) < 4.78 is 0. The standard InChI is InChI=1S/C22H15N3/c1-14-8-9-16-17(11-14)18(12-15-5-4-10-23-13-15)22-21(16)24-19-6-2-3-7-20(19)25-22/h2-13H,1H3. The Morgan fingerprint density at radius 2 is 1.60 bits per heavy atom. The number of aromatic nitrogens is 3. The van der Waals surface area contributed by atoms with Crippen LogP contribution >= 0.6 is 0 Å². The van der Waals surface area contributed by atoms with Gasteiger partial charge in [-0.2, -0.15) is 0 Å². The number of hydrogen-bond acceptors (Lipinski definition) is 3. The summed E-state index contributed by atoms with van der Waals surface area (Å²) in [5.74, 6) is 0. The van der Waals surface area contributed by atoms with Gasteiger partial charge in [0, 0.05) is 23.5 Å². The van der Waals surface area contributed by atoms with Gasteiger partial charge in [0.1, 0.15) is 0 Å². The molecule has 0 bridgehead atoms. The Balaban J connectivity index is 1.84. The first-order valence-corrected chi connectivity index (χ1v) is 8.30. The summed E-state index contributed by atoms with van der Waals surface area (Å²) >= 11 is 0. The molecule has 1 aliphatic rings. The maximum Gasteiger partial charge on any atom is 0.0979 e. The molecule has 3 nitrogen and oxygen atoms in total. The number of para-hydroxylation sites is 2. The van der Waals surface area contributed by atoms with E-state index in [-0.39, 0.29) is 0 Å². The van der Waals surface area contributed by atoms with Gasteiger partial charge in [-0.15, -0.1) is 0 Å². The Morgan fingerprint density at radius 3 is 2.36 bits per heavy atom. The Labute approximate surface area is 145 Å². The summed E-state index contributed by atoms with van der Waals surface area (Å²) in [5.41, 5.74) is 9.49. The molecule has 3 heteroatoms. The third-order valence-corrected chi connectivity index (χ3v) is 4.54. The van der Waals surface area contributed by atoms with Crippen molar-refractivity contribution in [1.29, 1.82) is 0 Å². The van der Waals surface area contributed by atoms with Crippen LogP contribution in [0.3, 0.4) is 0 Å². The number of aryl methyl sites for hydroxylation is 1. The lowest BCUT2D eigenvalue weighted by Crippen LogP contribution is -1.92. The van der Waals surface area contributed by atoms with Crippen molar-refractivity contribution < 1.29 is 0 Å². The van der Waals surface area contributed by atoms with Crippen LogP contribution in [0.25, 0.3) is 33.9 Å². The average Bonchev–Trinajstić information content (AvgIpc) is 2.93. The van der Waals surface area contributed by atoms with Gasteiger partial charge in [0.25, 0.3) is 0 Å². The van der Waals surface area contributed by atoms with Crippen molar-refractivity contribution >= 4 is 22.7 Å². The van der Waals surface area contributed by atoms with Crippen LogP contribution in [0.4, 0.5) is 0 Å². The van der Waals surface area contributed by atoms with E-state index in [1.807, 2.05) is 36.5 Å². The molecule has 0 N–H and O–H groups in total. The van der Waals surface area contributed by atoms with Crippen LogP contribution in [0.2, 0.25) is 0 Å². The molecule has 5 rings (SSSR count). The normalized spacial score (nSPS) is 13.9. The van der Waals surface area contributed by atoms with Crippen LogP contribution in [0, 0.1) is 6.92 Å². The van der Waals surface area contributed by atoms with Crippen LogP contribution in [0.15, 0.2) is 67.0 Å². The van der Waals surface area contributed by atoms with Crippen molar-refractivity contribution in [1.82, 2.24) is 15.0 Å². The SMILES string of the molecule is Cc1ccc2c(c1)C(=Cc1cccnc1)c1nc3ccccc3nc1-2. The van der Waals surface area contributed by atoms with Gasteiger partial charge < -0.3 is 0 Å². The lowest BCUT2D eigenvalue weighted by atomic mass is 10.0. The lowest BCUT2D eigenvalue weighted by molar-refractivity contribution is 1.28. The number of hydrogen-bond donors (Lipinski definition) is 0. The minimum atomic E-state index is 0.919. The molecule has 0 spiro atoms. The van der Waals surface area contributed by atoms with Crippen molar-refractivity contribution in [3.63, 3.8) is 0 Å². The minimum Gasteiger partial charge on any atom is -0.264 e. The second-order valence-electron chi connectivity index (χ2n) is 6.30. The first kappa shape index (κ1) is 14.1. The molecule has 1 aliphatic carbocycles. The summed E-state index contributed by atoms with van der Waals surface area (Å²) in [4.78, 5) is 14.1. The third-order valence-electron chi connectivity index (χ3n) is 4.54. The molecular formula is C22H15N3. The number of benzene rings is 2. The number of fused-ring (bicyclic) bond motifs is 4. The predicted octanol–water partition coefficient (Wildman–Crippen LogP) is 4.90. The Morgan fingerprint density at radius 1 is 0.800 bits per heavy atom. The van der Waals surface area contributed by atoms with Crippen LogP contribution in [-0.2, 0) is 0 Å². The first-order chi connectivity index (χ1) is 12.3. The van der Waals surface area contributed by atoms with E-state index >= 15 is 0 Å². The molecule has 25 heavy (non-hydrogen) atoms. The summed E-state index contributed by atoms with van der Waals surface area (Å²) in [7, 11) is 0. The quantitative estimate of drug-likeness (QED) is 0.440. The summed E-state index contributed by atoms with van der Waals surface area (Å²) in [6.45, 7) is 2.11. The molecule has 2 aromatic heterocycles. The van der Waals surface area contributed by atoms with Gasteiger partial charge in [0.15, 0.2) is 0 Å². The molecule has 2 aromatic carbocycles. The zero-order valence-electron chi connectivity index (χ0n) is 13.8. The fraction of sp³-hybridized carbons (Fsp3) is 0.0455. The highest BCUT2D eigenvalue weighted by Gasteiger charge is 2.27. The number of pyridine rings is 1. The molecule has 0 unspecified atom stereocenters. The van der Waals surface area contributed by atoms with E-state index in [2.05, 4.69) is 42.2 Å². The van der Waals surface area contributed by atoms with E-state index in [1.54, 1.807) is 6.20 Å². The van der Waals surface area contributed by atoms with Crippen LogP contribution in [-0.4, -0.2) is 15.0 Å². The second kappa shape index (κ2) is 5.35. The third kappa shape index (κ3) is 2.24. The second-order valence-corrected chi connectivity index (χ2v) is 6.30. The molecule has 118 valence electrons. The van der Waals surface area contributed by atoms with Gasteiger partial charge in [-0.1, -0.05) is 42.0 Å². The van der Waals surface area contributed by atoms with Crippen molar-refractivity contribution in [2.24, 2.45) is 0 Å². The highest BCUT2D eigenvalue weighted by atomic mass is 14.8. The zero-order valence-corrected chi connectivity index (χ0v) is 13.8. The van der Waals surface area contributed by atoms with Crippen molar-refractivity contribution in [2.45, 2.75) is 6.92 Å². The van der Waals surface area contributed by atoms with Gasteiger partial charge in [0.05, 0.1) is 22.4 Å². The molecule has 4 aromatic rings. The lowest BCUT2D eigenvalue weighted by Gasteiger charge is -2.04. The predicted molar refractivity (Wildman–Crippen MR) is 101 cm³/mol. The smallest absolute Gasteiger partial charge is 0.0979 e. The first-order valence-electron chi connectivity index (χ1n) is 8.30. The van der Waals surface area contributed by atoms with Gasteiger partial charge in [-0.25, -0.2) is 9.97 Å². The summed E-state index contributed by atoms with van der Waals surface area (Å²) in [5, 5.41) is 0. The highest BCUT2D eigenvalue weighted by Crippen LogP contribution is 2.43. The molecule has 2 heterocycles. The largest absolute Gasteiger partial charge is 0.264 e. The Kier molecular flexibility index (Phi) is 3.01. The van der Waals surface area contributed by atoms with E-state index in [1.165, 1.54) is 11.1 Å². The molecule has 0 amide bonds. The molecule has 0 fully saturated rings. The molecule has 0 radical (unpaired) electrons. The molecule has 0 saturated heterocycles. The van der Waals surface area contributed by atoms with Crippen molar-refractivity contribution in [2.75, 3.05) is 0 Å². The molecule has 0 aliphatic heterocycles. The summed E-state index contributed by atoms with van der Waals surface area (Å²) in [6.07, 6.45) is 5.81. The number of nitrogens with zero attached hydrogens (tertiary/aromatic N) is 3. The monoisotopic (exact) mass is 321 g/mol. The zero-order chi connectivity index (χ0) is 16.8. The van der Waals surface area contributed by atoms with Crippen LogP contribution in [0.5, 0.6) is 0 Å². The van der Waals surface area contributed by atoms with E-state index in [0.717, 1.165) is 39.1 Å². The average molecular weight is 321 g/mol. The molecular weight excluding hydrogens is 306 g/mol. The van der Waals surface area contributed by atoms with Gasteiger partial charge in [-0.05, 0) is 42.3 Å². The van der Waals surface area contributed by atoms with Gasteiger partial charge in [-0.3, -0.25) is 4.98 Å². The molecule has 0 saturated carbocycles. The van der Waals surface area contributed by atoms with Crippen molar-refractivity contribution in [3.8, 4) is 11.3 Å². The topological polar surface area (TPSA) is 38.7 Å². The van der Waals surface area contributed by atoms with E-state index in [4.69, 9.17) is 9.97 Å². The molecule has 0 atom stereocenters. The fourth-order valence-corrected chi connectivity index (χ4v) is 3.36. The summed E-state index contributed by atoms with van der Waals surface area (Å²) in [6, 6.07) is 18.5. The van der Waals surface area contributed by atoms with E-state index < -0.39 is 0 Å². The van der Waals surface area contributed by atoms with E-state index in [0.29, 0.717) is 0 Å². The highest BCUT2D eigenvalue weighted by molar-refractivity contribution is 6.05. The Bertz CT molecular complexity index is 1140. The van der Waals surface area contributed by atoms with Gasteiger partial charge in [0.2, 0.25) is 0 Å². The van der Waals surface area contributed by atoms with Crippen LogP contribution < -0.4 is 0 Å². The minimum absolute atomic E-state index is 0.919.